The van der Waals surface area contributed by atoms with Crippen LogP contribution in [0.3, 0.4) is 0 Å². The molecule has 0 rings (SSSR count). The van der Waals surface area contributed by atoms with Crippen molar-refractivity contribution < 1.29 is 30.0 Å². The van der Waals surface area contributed by atoms with Gasteiger partial charge in [0.2, 0.25) is 0 Å². The van der Waals surface area contributed by atoms with E-state index in [4.69, 9.17) is 20.4 Å². The minimum atomic E-state index is -1.10. The summed E-state index contributed by atoms with van der Waals surface area (Å²) in [6.45, 7) is 2.02. The average molecular weight is 250 g/mol. The van der Waals surface area contributed by atoms with Crippen molar-refractivity contribution in [1.29, 1.82) is 0 Å². The highest BCUT2D eigenvalue weighted by Crippen LogP contribution is 1.98. The van der Waals surface area contributed by atoms with Gasteiger partial charge in [0.05, 0.1) is 0 Å². The van der Waals surface area contributed by atoms with Crippen LogP contribution in [0.5, 0.6) is 0 Å². The van der Waals surface area contributed by atoms with Gasteiger partial charge in [-0.2, -0.15) is 0 Å². The first kappa shape index (κ1) is 18.2. The lowest BCUT2D eigenvalue weighted by Gasteiger charge is -1.97. The predicted molar refractivity (Wildman–Crippen MR) is 61.5 cm³/mol. The van der Waals surface area contributed by atoms with Gasteiger partial charge in [-0.3, -0.25) is 9.59 Å². The van der Waals surface area contributed by atoms with Crippen LogP contribution in [0.15, 0.2) is 0 Å². The van der Waals surface area contributed by atoms with E-state index in [9.17, 15) is 9.59 Å². The second kappa shape index (κ2) is 12.9. The van der Waals surface area contributed by atoms with Crippen LogP contribution in [-0.2, 0) is 9.59 Å². The lowest BCUT2D eigenvalue weighted by molar-refractivity contribution is -0.139. The van der Waals surface area contributed by atoms with E-state index in [1.54, 1.807) is 0 Å². The number of aliphatic hydroxyl groups is 2. The molecule has 0 aromatic rings. The van der Waals surface area contributed by atoms with Gasteiger partial charge in [-0.15, -0.1) is 0 Å². The summed E-state index contributed by atoms with van der Waals surface area (Å²) >= 11 is 0. The van der Waals surface area contributed by atoms with Crippen LogP contribution < -0.4 is 0 Å². The molecule has 0 spiro atoms. The van der Waals surface area contributed by atoms with Gasteiger partial charge < -0.3 is 20.4 Å². The monoisotopic (exact) mass is 250 g/mol. The molecule has 0 aromatic carbocycles. The normalized spacial score (nSPS) is 9.65. The third-order valence-electron chi connectivity index (χ3n) is 1.85. The van der Waals surface area contributed by atoms with E-state index in [1.165, 1.54) is 0 Å². The van der Waals surface area contributed by atoms with Crippen LogP contribution in [0, 0.1) is 0 Å². The Morgan fingerprint density at radius 2 is 1.35 bits per heavy atom. The topological polar surface area (TPSA) is 115 Å². The maximum absolute atomic E-state index is 9.90. The molecular formula is C11H22O6. The van der Waals surface area contributed by atoms with Crippen molar-refractivity contribution in [2.45, 2.75) is 58.2 Å². The molecular weight excluding hydrogens is 228 g/mol. The van der Waals surface area contributed by atoms with E-state index in [1.807, 2.05) is 6.92 Å². The fourth-order valence-corrected chi connectivity index (χ4v) is 0.939. The summed E-state index contributed by atoms with van der Waals surface area (Å²) in [5, 5.41) is 32.7. The zero-order chi connectivity index (χ0) is 13.7. The molecule has 0 amide bonds. The standard InChI is InChI=1S/C6H10O4.C5H12O2/c7-5(8)3-1-2-4-6(9)10;1-2-3-4-5(6)7/h1-4H2,(H,7,8)(H,9,10);5-7H,2-4H2,1H3. The molecule has 0 aliphatic carbocycles. The maximum atomic E-state index is 9.90. The molecule has 0 atom stereocenters. The number of aliphatic hydroxyl groups excluding tert-OH is 1. The van der Waals surface area contributed by atoms with E-state index < -0.39 is 18.2 Å². The Kier molecular flexibility index (Phi) is 13.9. The van der Waals surface area contributed by atoms with Gasteiger partial charge >= 0.3 is 11.9 Å². The summed E-state index contributed by atoms with van der Waals surface area (Å²) in [4.78, 5) is 19.8. The predicted octanol–water partition coefficient (Wildman–Crippen LogP) is 1.20. The molecule has 0 radical (unpaired) electrons. The van der Waals surface area contributed by atoms with Gasteiger partial charge in [0.1, 0.15) is 0 Å². The molecule has 6 nitrogen and oxygen atoms in total. The zero-order valence-corrected chi connectivity index (χ0v) is 10.1. The smallest absolute Gasteiger partial charge is 0.303 e. The first-order valence-corrected chi connectivity index (χ1v) is 5.69. The summed E-state index contributed by atoms with van der Waals surface area (Å²) in [5.41, 5.74) is 0. The highest BCUT2D eigenvalue weighted by Gasteiger charge is 1.99. The van der Waals surface area contributed by atoms with Gasteiger partial charge in [-0.1, -0.05) is 13.3 Å². The number of rotatable bonds is 8. The Morgan fingerprint density at radius 3 is 1.53 bits per heavy atom. The van der Waals surface area contributed by atoms with Gasteiger partial charge in [0.25, 0.3) is 0 Å². The van der Waals surface area contributed by atoms with Crippen LogP contribution in [-0.4, -0.2) is 38.7 Å². The summed E-state index contributed by atoms with van der Waals surface area (Å²) in [6, 6.07) is 0. The number of hydrogen-bond donors (Lipinski definition) is 4. The lowest BCUT2D eigenvalue weighted by atomic mass is 10.2. The quantitative estimate of drug-likeness (QED) is 0.380. The highest BCUT2D eigenvalue weighted by molar-refractivity contribution is 5.67. The van der Waals surface area contributed by atoms with Crippen LogP contribution in [0.4, 0.5) is 0 Å². The molecule has 0 aliphatic heterocycles. The molecule has 102 valence electrons. The zero-order valence-electron chi connectivity index (χ0n) is 10.1. The fraction of sp³-hybridized carbons (Fsp3) is 0.818. The SMILES string of the molecule is CCCCC(O)O.O=C(O)CCCCC(=O)O. The molecule has 0 saturated heterocycles. The third-order valence-corrected chi connectivity index (χ3v) is 1.85. The van der Waals surface area contributed by atoms with Crippen molar-refractivity contribution in [2.75, 3.05) is 0 Å². The fourth-order valence-electron chi connectivity index (χ4n) is 0.939. The Balaban J connectivity index is 0. The number of carboxylic acid groups (broad SMARTS) is 2. The highest BCUT2D eigenvalue weighted by atomic mass is 16.5. The van der Waals surface area contributed by atoms with Crippen molar-refractivity contribution in [2.24, 2.45) is 0 Å². The molecule has 4 N–H and O–H groups in total. The summed E-state index contributed by atoms with van der Waals surface area (Å²) < 4.78 is 0. The second-order valence-electron chi connectivity index (χ2n) is 3.62. The van der Waals surface area contributed by atoms with Crippen LogP contribution in [0.2, 0.25) is 0 Å². The van der Waals surface area contributed by atoms with E-state index in [0.717, 1.165) is 12.8 Å². The van der Waals surface area contributed by atoms with E-state index in [-0.39, 0.29) is 12.8 Å². The Hall–Kier alpha value is -1.14. The van der Waals surface area contributed by atoms with E-state index in [0.29, 0.717) is 19.3 Å². The first-order valence-electron chi connectivity index (χ1n) is 5.69. The molecule has 0 saturated carbocycles. The molecule has 0 aromatic heterocycles. The number of aliphatic carboxylic acids is 2. The molecule has 17 heavy (non-hydrogen) atoms. The van der Waals surface area contributed by atoms with Crippen molar-refractivity contribution in [1.82, 2.24) is 0 Å². The van der Waals surface area contributed by atoms with Crippen LogP contribution in [0.1, 0.15) is 51.9 Å². The van der Waals surface area contributed by atoms with Crippen LogP contribution in [0.25, 0.3) is 0 Å². The molecule has 0 fully saturated rings. The number of carboxylic acids is 2. The van der Waals surface area contributed by atoms with Gasteiger partial charge in [-0.25, -0.2) is 0 Å². The number of hydrogen-bond acceptors (Lipinski definition) is 4. The summed E-state index contributed by atoms with van der Waals surface area (Å²) in [5.74, 6) is -1.74. The third kappa shape index (κ3) is 25.3. The lowest BCUT2D eigenvalue weighted by Crippen LogP contribution is -2.02. The first-order chi connectivity index (χ1) is 7.90. The van der Waals surface area contributed by atoms with Gasteiger partial charge in [0, 0.05) is 12.8 Å². The van der Waals surface area contributed by atoms with Gasteiger partial charge in [0.15, 0.2) is 6.29 Å². The van der Waals surface area contributed by atoms with Crippen molar-refractivity contribution in [3.8, 4) is 0 Å². The summed E-state index contributed by atoms with van der Waals surface area (Å²) in [7, 11) is 0. The average Bonchev–Trinajstić information content (AvgIpc) is 2.22. The maximum Gasteiger partial charge on any atom is 0.303 e. The molecule has 0 heterocycles. The minimum Gasteiger partial charge on any atom is -0.481 e. The molecule has 0 unspecified atom stereocenters. The van der Waals surface area contributed by atoms with Crippen molar-refractivity contribution in [3.05, 3.63) is 0 Å². The Morgan fingerprint density at radius 1 is 0.941 bits per heavy atom. The summed E-state index contributed by atoms with van der Waals surface area (Å²) in [6.07, 6.45) is 2.36. The number of unbranched alkanes of at least 4 members (excludes halogenated alkanes) is 2. The number of carbonyl (C=O) groups is 2. The molecule has 0 aliphatic rings. The minimum absolute atomic E-state index is 0.0628. The van der Waals surface area contributed by atoms with E-state index >= 15 is 0 Å². The second-order valence-corrected chi connectivity index (χ2v) is 3.62. The van der Waals surface area contributed by atoms with Crippen molar-refractivity contribution in [3.63, 3.8) is 0 Å². The van der Waals surface area contributed by atoms with Crippen LogP contribution >= 0.6 is 0 Å². The van der Waals surface area contributed by atoms with Crippen molar-refractivity contribution >= 4 is 11.9 Å². The van der Waals surface area contributed by atoms with Gasteiger partial charge in [-0.05, 0) is 25.7 Å². The Bertz CT molecular complexity index is 186. The Labute approximate surface area is 101 Å². The molecule has 0 bridgehead atoms. The molecule has 6 heteroatoms. The van der Waals surface area contributed by atoms with E-state index in [2.05, 4.69) is 0 Å². The largest absolute Gasteiger partial charge is 0.481 e.